The molecule has 1 aliphatic rings. The van der Waals surface area contributed by atoms with Gasteiger partial charge in [-0.3, -0.25) is 9.48 Å². The minimum absolute atomic E-state index is 0.0357. The van der Waals surface area contributed by atoms with Crippen molar-refractivity contribution in [1.29, 1.82) is 0 Å². The van der Waals surface area contributed by atoms with Gasteiger partial charge in [0.1, 0.15) is 10.8 Å². The molecule has 1 saturated carbocycles. The number of carbonyl (C=O) groups excluding carboxylic acids is 1. The molecule has 0 spiro atoms. The lowest BCUT2D eigenvalue weighted by molar-refractivity contribution is 0.0718. The Morgan fingerprint density at radius 3 is 2.69 bits per heavy atom. The number of carbonyl (C=O) groups is 1. The van der Waals surface area contributed by atoms with E-state index in [1.807, 2.05) is 36.4 Å². The van der Waals surface area contributed by atoms with Gasteiger partial charge in [0.15, 0.2) is 0 Å². The Hall–Kier alpha value is -2.80. The number of pyridine rings is 1. The van der Waals surface area contributed by atoms with E-state index in [4.69, 9.17) is 11.6 Å². The molecule has 0 unspecified atom stereocenters. The van der Waals surface area contributed by atoms with E-state index in [2.05, 4.69) is 10.1 Å². The predicted octanol–water partition coefficient (Wildman–Crippen LogP) is 4.88. The molecule has 0 saturated heterocycles. The predicted molar refractivity (Wildman–Crippen MR) is 106 cm³/mol. The van der Waals surface area contributed by atoms with Crippen LogP contribution in [-0.2, 0) is 13.6 Å². The summed E-state index contributed by atoms with van der Waals surface area (Å²) in [4.78, 5) is 19.2. The van der Waals surface area contributed by atoms with Crippen molar-refractivity contribution in [3.63, 3.8) is 0 Å². The van der Waals surface area contributed by atoms with Crippen LogP contribution in [0.2, 0.25) is 5.15 Å². The second-order valence-electron chi connectivity index (χ2n) is 7.07. The number of nitrogens with zero attached hydrogens (tertiary/aromatic N) is 4. The van der Waals surface area contributed by atoms with Crippen molar-refractivity contribution in [3.8, 4) is 11.3 Å². The molecule has 2 aromatic heterocycles. The molecule has 0 bridgehead atoms. The summed E-state index contributed by atoms with van der Waals surface area (Å²) in [6.45, 7) is 0.297. The Bertz CT molecular complexity index is 1050. The Labute approximate surface area is 171 Å². The molecule has 5 nitrogen and oxygen atoms in total. The molecule has 4 rings (SSSR count). The third-order valence-corrected chi connectivity index (χ3v) is 5.10. The molecule has 1 aromatic carbocycles. The van der Waals surface area contributed by atoms with E-state index in [1.54, 1.807) is 11.0 Å². The van der Waals surface area contributed by atoms with Gasteiger partial charge >= 0.3 is 0 Å². The Balaban J connectivity index is 1.68. The third kappa shape index (κ3) is 4.15. The number of hydrogen-bond acceptors (Lipinski definition) is 3. The van der Waals surface area contributed by atoms with Crippen LogP contribution < -0.4 is 0 Å². The summed E-state index contributed by atoms with van der Waals surface area (Å²) in [5.41, 5.74) is 1.91. The maximum absolute atomic E-state index is 13.4. The van der Waals surface area contributed by atoms with Gasteiger partial charge in [-0.15, -0.1) is 0 Å². The molecule has 29 heavy (non-hydrogen) atoms. The summed E-state index contributed by atoms with van der Waals surface area (Å²) in [6.07, 6.45) is 0.268. The van der Waals surface area contributed by atoms with E-state index >= 15 is 0 Å². The summed E-state index contributed by atoms with van der Waals surface area (Å²) in [5, 5.41) is 4.15. The van der Waals surface area contributed by atoms with E-state index in [9.17, 15) is 13.6 Å². The Kier molecular flexibility index (Phi) is 5.32. The number of amides is 1. The average Bonchev–Trinajstić information content (AvgIpc) is 3.46. The maximum Gasteiger partial charge on any atom is 0.282 e. The van der Waals surface area contributed by atoms with Crippen LogP contribution in [0.25, 0.3) is 11.3 Å². The van der Waals surface area contributed by atoms with Crippen molar-refractivity contribution < 1.29 is 13.6 Å². The number of rotatable bonds is 6. The lowest BCUT2D eigenvalue weighted by Crippen LogP contribution is -2.33. The highest BCUT2D eigenvalue weighted by Crippen LogP contribution is 2.33. The van der Waals surface area contributed by atoms with Gasteiger partial charge in [-0.1, -0.05) is 41.9 Å². The van der Waals surface area contributed by atoms with Gasteiger partial charge in [0.25, 0.3) is 12.3 Å². The van der Waals surface area contributed by atoms with Crippen LogP contribution >= 0.6 is 11.6 Å². The molecule has 1 fully saturated rings. The van der Waals surface area contributed by atoms with Gasteiger partial charge < -0.3 is 4.90 Å². The molecule has 8 heteroatoms. The molecule has 2 heterocycles. The second kappa shape index (κ2) is 7.91. The van der Waals surface area contributed by atoms with Gasteiger partial charge in [0.05, 0.1) is 11.3 Å². The van der Waals surface area contributed by atoms with Crippen LogP contribution in [0.3, 0.4) is 0 Å². The highest BCUT2D eigenvalue weighted by molar-refractivity contribution is 6.29. The zero-order chi connectivity index (χ0) is 20.5. The van der Waals surface area contributed by atoms with Crippen LogP contribution in [-0.4, -0.2) is 31.6 Å². The molecule has 0 atom stereocenters. The van der Waals surface area contributed by atoms with E-state index < -0.39 is 18.0 Å². The smallest absolute Gasteiger partial charge is 0.282 e. The fourth-order valence-electron chi connectivity index (χ4n) is 3.39. The zero-order valence-corrected chi connectivity index (χ0v) is 16.5. The largest absolute Gasteiger partial charge is 0.331 e. The molecule has 3 aromatic rings. The molecular formula is C21H19ClF2N4O. The second-order valence-corrected chi connectivity index (χ2v) is 7.46. The van der Waals surface area contributed by atoms with Crippen molar-refractivity contribution in [3.05, 3.63) is 70.6 Å². The van der Waals surface area contributed by atoms with Gasteiger partial charge in [0, 0.05) is 31.4 Å². The molecule has 1 amide bonds. The summed E-state index contributed by atoms with van der Waals surface area (Å²) in [5.74, 6) is -0.426. The lowest BCUT2D eigenvalue weighted by atomic mass is 10.0. The van der Waals surface area contributed by atoms with Crippen LogP contribution in [0.5, 0.6) is 0 Å². The molecule has 0 radical (unpaired) electrons. The number of hydrogen-bond donors (Lipinski definition) is 0. The number of benzene rings is 1. The highest BCUT2D eigenvalue weighted by Gasteiger charge is 2.36. The first-order valence-electron chi connectivity index (χ1n) is 9.27. The fraction of sp³-hybridized carbons (Fsp3) is 0.286. The van der Waals surface area contributed by atoms with Crippen LogP contribution in [0.4, 0.5) is 8.78 Å². The minimum atomic E-state index is -2.81. The molecule has 0 aliphatic heterocycles. The van der Waals surface area contributed by atoms with Crippen molar-refractivity contribution in [2.75, 3.05) is 0 Å². The topological polar surface area (TPSA) is 51.0 Å². The Morgan fingerprint density at radius 1 is 1.24 bits per heavy atom. The van der Waals surface area contributed by atoms with Crippen LogP contribution in [0, 0.1) is 0 Å². The molecule has 150 valence electrons. The number of aromatic nitrogens is 3. The average molecular weight is 417 g/mol. The molecule has 1 aliphatic carbocycles. The van der Waals surface area contributed by atoms with E-state index in [-0.39, 0.29) is 11.6 Å². The molecule has 0 N–H and O–H groups in total. The van der Waals surface area contributed by atoms with Gasteiger partial charge in [-0.05, 0) is 30.5 Å². The summed E-state index contributed by atoms with van der Waals surface area (Å²) >= 11 is 6.04. The lowest BCUT2D eigenvalue weighted by Gasteiger charge is -2.24. The van der Waals surface area contributed by atoms with Crippen LogP contribution in [0.15, 0.2) is 48.7 Å². The quantitative estimate of drug-likeness (QED) is 0.538. The zero-order valence-electron chi connectivity index (χ0n) is 15.7. The maximum atomic E-state index is 13.4. The first-order valence-corrected chi connectivity index (χ1v) is 9.65. The molecular weight excluding hydrogens is 398 g/mol. The standard InChI is InChI=1S/C21H19ClF2N4O/c1-27-12-16(19(26-27)20(23)24)21(29)28(14-9-10-14)11-13-5-2-3-6-15(13)17-7-4-8-18(22)25-17/h2-8,12,14,20H,9-11H2,1H3. The van der Waals surface area contributed by atoms with E-state index in [0.29, 0.717) is 17.4 Å². The van der Waals surface area contributed by atoms with Gasteiger partial charge in [-0.2, -0.15) is 5.10 Å². The van der Waals surface area contributed by atoms with E-state index in [0.717, 1.165) is 24.0 Å². The number of alkyl halides is 2. The normalized spacial score (nSPS) is 13.7. The minimum Gasteiger partial charge on any atom is -0.331 e. The fourth-order valence-corrected chi connectivity index (χ4v) is 3.55. The summed E-state index contributed by atoms with van der Waals surface area (Å²) in [6, 6.07) is 13.0. The van der Waals surface area contributed by atoms with Crippen molar-refractivity contribution in [2.24, 2.45) is 7.05 Å². The number of aryl methyl sites for hydroxylation is 1. The third-order valence-electron chi connectivity index (χ3n) is 4.89. The van der Waals surface area contributed by atoms with Crippen molar-refractivity contribution in [2.45, 2.75) is 31.9 Å². The van der Waals surface area contributed by atoms with Gasteiger partial charge in [-0.25, -0.2) is 13.8 Å². The van der Waals surface area contributed by atoms with Crippen molar-refractivity contribution in [1.82, 2.24) is 19.7 Å². The summed E-state index contributed by atoms with van der Waals surface area (Å²) in [7, 11) is 1.53. The van der Waals surface area contributed by atoms with Crippen molar-refractivity contribution >= 4 is 17.5 Å². The summed E-state index contributed by atoms with van der Waals surface area (Å²) < 4.78 is 28.0. The van der Waals surface area contributed by atoms with Gasteiger partial charge in [0.2, 0.25) is 0 Å². The van der Waals surface area contributed by atoms with Crippen LogP contribution in [0.1, 0.15) is 40.9 Å². The first-order chi connectivity index (χ1) is 13.9. The highest BCUT2D eigenvalue weighted by atomic mass is 35.5. The van der Waals surface area contributed by atoms with E-state index in [1.165, 1.54) is 17.9 Å². The monoisotopic (exact) mass is 416 g/mol. The SMILES string of the molecule is Cn1cc(C(=O)N(Cc2ccccc2-c2cccc(Cl)n2)C2CC2)c(C(F)F)n1. The Morgan fingerprint density at radius 2 is 2.00 bits per heavy atom. The number of halogens is 3. The first kappa shape index (κ1) is 19.5.